The van der Waals surface area contributed by atoms with E-state index in [-0.39, 0.29) is 16.4 Å². The molecule has 0 spiro atoms. The standard InChI is InChI=1S/C16H10N2O8S/c19-17(20)12-3-6-16(15(9-12)18(21)22)26-13-4-1-11-8-14(27(23,24)25)5-2-10(11)7-13/h1-9H,(H,23,24,25). The van der Waals surface area contributed by atoms with Crippen LogP contribution in [0, 0.1) is 20.2 Å². The SMILES string of the molecule is O=[N+]([O-])c1ccc(Oc2ccc3cc(S(=O)(=O)O)ccc3c2)c([N+](=O)[O-])c1. The van der Waals surface area contributed by atoms with Crippen molar-refractivity contribution in [1.29, 1.82) is 0 Å². The van der Waals surface area contributed by atoms with Crippen LogP contribution in [0.15, 0.2) is 59.5 Å². The van der Waals surface area contributed by atoms with Crippen LogP contribution < -0.4 is 4.74 Å². The van der Waals surface area contributed by atoms with Gasteiger partial charge in [0, 0.05) is 6.07 Å². The Morgan fingerprint density at radius 3 is 2.15 bits per heavy atom. The van der Waals surface area contributed by atoms with E-state index < -0.39 is 31.3 Å². The van der Waals surface area contributed by atoms with E-state index in [0.29, 0.717) is 10.8 Å². The summed E-state index contributed by atoms with van der Waals surface area (Å²) in [5.74, 6) is 0.0264. The first-order valence-electron chi connectivity index (χ1n) is 7.27. The molecule has 0 heterocycles. The van der Waals surface area contributed by atoms with Crippen LogP contribution in [0.25, 0.3) is 10.8 Å². The van der Waals surface area contributed by atoms with Gasteiger partial charge in [-0.15, -0.1) is 0 Å². The lowest BCUT2D eigenvalue weighted by atomic mass is 10.1. The highest BCUT2D eigenvalue weighted by molar-refractivity contribution is 7.85. The number of nitro benzene ring substituents is 2. The van der Waals surface area contributed by atoms with E-state index in [2.05, 4.69) is 0 Å². The Balaban J connectivity index is 1.99. The van der Waals surface area contributed by atoms with Gasteiger partial charge in [0.15, 0.2) is 0 Å². The zero-order chi connectivity index (χ0) is 19.8. The Bertz CT molecular complexity index is 1190. The third kappa shape index (κ3) is 3.83. The van der Waals surface area contributed by atoms with Crippen molar-refractivity contribution in [1.82, 2.24) is 0 Å². The Kier molecular flexibility index (Phi) is 4.47. The smallest absolute Gasteiger partial charge is 0.318 e. The molecule has 0 bridgehead atoms. The maximum Gasteiger partial charge on any atom is 0.318 e. The molecule has 0 saturated heterocycles. The van der Waals surface area contributed by atoms with Crippen molar-refractivity contribution in [3.05, 3.63) is 74.8 Å². The quantitative estimate of drug-likeness (QED) is 0.393. The van der Waals surface area contributed by atoms with E-state index in [1.54, 1.807) is 0 Å². The van der Waals surface area contributed by atoms with Crippen LogP contribution in [0.3, 0.4) is 0 Å². The number of ether oxygens (including phenoxy) is 1. The van der Waals surface area contributed by atoms with Gasteiger partial charge in [-0.05, 0) is 41.1 Å². The summed E-state index contributed by atoms with van der Waals surface area (Å²) in [5, 5.41) is 23.0. The monoisotopic (exact) mass is 390 g/mol. The first kappa shape index (κ1) is 18.2. The Morgan fingerprint density at radius 1 is 0.852 bits per heavy atom. The Morgan fingerprint density at radius 2 is 1.52 bits per heavy atom. The zero-order valence-corrected chi connectivity index (χ0v) is 14.1. The molecule has 0 atom stereocenters. The van der Waals surface area contributed by atoms with E-state index in [9.17, 15) is 28.6 Å². The average molecular weight is 390 g/mol. The molecule has 3 aromatic carbocycles. The number of fused-ring (bicyclic) bond motifs is 1. The molecule has 0 aliphatic rings. The third-order valence-corrected chi connectivity index (χ3v) is 4.51. The molecule has 10 nitrogen and oxygen atoms in total. The van der Waals surface area contributed by atoms with Gasteiger partial charge in [0.05, 0.1) is 20.8 Å². The maximum atomic E-state index is 11.2. The van der Waals surface area contributed by atoms with E-state index in [1.807, 2.05) is 0 Å². The summed E-state index contributed by atoms with van der Waals surface area (Å²) >= 11 is 0. The Labute approximate surface area is 151 Å². The zero-order valence-electron chi connectivity index (χ0n) is 13.3. The van der Waals surface area contributed by atoms with Crippen molar-refractivity contribution in [2.45, 2.75) is 4.90 Å². The Hall–Kier alpha value is -3.57. The summed E-state index contributed by atoms with van der Waals surface area (Å²) in [7, 11) is -4.34. The number of hydrogen-bond donors (Lipinski definition) is 1. The van der Waals surface area contributed by atoms with Crippen LogP contribution in [0.2, 0.25) is 0 Å². The van der Waals surface area contributed by atoms with Crippen LogP contribution in [0.5, 0.6) is 11.5 Å². The summed E-state index contributed by atoms with van der Waals surface area (Å²) in [4.78, 5) is 20.1. The van der Waals surface area contributed by atoms with Crippen molar-refractivity contribution in [2.24, 2.45) is 0 Å². The molecular weight excluding hydrogens is 380 g/mol. The van der Waals surface area contributed by atoms with Crippen molar-refractivity contribution < 1.29 is 27.6 Å². The molecule has 1 N–H and O–H groups in total. The number of non-ortho nitro benzene ring substituents is 1. The molecular formula is C16H10N2O8S. The lowest BCUT2D eigenvalue weighted by molar-refractivity contribution is -0.394. The fourth-order valence-electron chi connectivity index (χ4n) is 2.40. The van der Waals surface area contributed by atoms with Crippen LogP contribution >= 0.6 is 0 Å². The second-order valence-electron chi connectivity index (χ2n) is 5.41. The van der Waals surface area contributed by atoms with Gasteiger partial charge in [-0.1, -0.05) is 12.1 Å². The number of rotatable bonds is 5. The predicted molar refractivity (Wildman–Crippen MR) is 93.6 cm³/mol. The van der Waals surface area contributed by atoms with Crippen molar-refractivity contribution in [3.8, 4) is 11.5 Å². The third-order valence-electron chi connectivity index (χ3n) is 3.66. The van der Waals surface area contributed by atoms with Gasteiger partial charge in [0.2, 0.25) is 5.75 Å². The lowest BCUT2D eigenvalue weighted by Crippen LogP contribution is -1.97. The minimum Gasteiger partial charge on any atom is -0.450 e. The van der Waals surface area contributed by atoms with Gasteiger partial charge >= 0.3 is 5.69 Å². The summed E-state index contributed by atoms with van der Waals surface area (Å²) < 4.78 is 36.9. The molecule has 0 fully saturated rings. The maximum absolute atomic E-state index is 11.2. The van der Waals surface area contributed by atoms with Gasteiger partial charge in [0.25, 0.3) is 15.8 Å². The number of benzene rings is 3. The molecule has 27 heavy (non-hydrogen) atoms. The molecule has 3 rings (SSSR count). The van der Waals surface area contributed by atoms with Crippen molar-refractivity contribution in [3.63, 3.8) is 0 Å². The highest BCUT2D eigenvalue weighted by atomic mass is 32.2. The minimum absolute atomic E-state index is 0.181. The molecule has 0 saturated carbocycles. The normalized spacial score (nSPS) is 11.3. The highest BCUT2D eigenvalue weighted by Crippen LogP contribution is 2.35. The number of nitrogens with zero attached hydrogens (tertiary/aromatic N) is 2. The summed E-state index contributed by atoms with van der Waals surface area (Å²) in [5.41, 5.74) is -1.00. The van der Waals surface area contributed by atoms with E-state index in [1.165, 1.54) is 36.4 Å². The van der Waals surface area contributed by atoms with E-state index in [0.717, 1.165) is 18.2 Å². The lowest BCUT2D eigenvalue weighted by Gasteiger charge is -2.08. The molecule has 11 heteroatoms. The van der Waals surface area contributed by atoms with E-state index in [4.69, 9.17) is 9.29 Å². The van der Waals surface area contributed by atoms with Gasteiger partial charge in [0.1, 0.15) is 5.75 Å². The molecule has 0 radical (unpaired) electrons. The fourth-order valence-corrected chi connectivity index (χ4v) is 2.92. The minimum atomic E-state index is -4.34. The first-order valence-corrected chi connectivity index (χ1v) is 8.71. The van der Waals surface area contributed by atoms with Gasteiger partial charge < -0.3 is 4.74 Å². The molecule has 0 unspecified atom stereocenters. The topological polar surface area (TPSA) is 150 Å². The van der Waals surface area contributed by atoms with Crippen molar-refractivity contribution >= 4 is 32.3 Å². The molecule has 3 aromatic rings. The average Bonchev–Trinajstić information content (AvgIpc) is 2.60. The van der Waals surface area contributed by atoms with E-state index >= 15 is 0 Å². The molecule has 138 valence electrons. The second kappa shape index (κ2) is 6.63. The van der Waals surface area contributed by atoms with Crippen LogP contribution in [0.1, 0.15) is 0 Å². The van der Waals surface area contributed by atoms with Crippen molar-refractivity contribution in [2.75, 3.05) is 0 Å². The first-order chi connectivity index (χ1) is 12.6. The molecule has 0 aliphatic carbocycles. The van der Waals surface area contributed by atoms with Crippen LogP contribution in [-0.2, 0) is 10.1 Å². The molecule has 0 aromatic heterocycles. The summed E-state index contributed by atoms with van der Waals surface area (Å²) in [6, 6.07) is 11.4. The van der Waals surface area contributed by atoms with Gasteiger partial charge in [-0.2, -0.15) is 8.42 Å². The van der Waals surface area contributed by atoms with Crippen LogP contribution in [0.4, 0.5) is 11.4 Å². The molecule has 0 amide bonds. The fraction of sp³-hybridized carbons (Fsp3) is 0. The predicted octanol–water partition coefficient (Wildman–Crippen LogP) is 3.70. The van der Waals surface area contributed by atoms with Gasteiger partial charge in [-0.3, -0.25) is 24.8 Å². The number of nitro groups is 2. The largest absolute Gasteiger partial charge is 0.450 e. The second-order valence-corrected chi connectivity index (χ2v) is 6.84. The summed E-state index contributed by atoms with van der Waals surface area (Å²) in [6.07, 6.45) is 0. The highest BCUT2D eigenvalue weighted by Gasteiger charge is 2.21. The van der Waals surface area contributed by atoms with Gasteiger partial charge in [-0.25, -0.2) is 0 Å². The van der Waals surface area contributed by atoms with Crippen LogP contribution in [-0.4, -0.2) is 22.8 Å². The summed E-state index contributed by atoms with van der Waals surface area (Å²) in [6.45, 7) is 0. The molecule has 0 aliphatic heterocycles. The number of hydrogen-bond acceptors (Lipinski definition) is 7.